The topological polar surface area (TPSA) is 265 Å². The zero-order valence-electron chi connectivity index (χ0n) is 40.1. The molecule has 11 atom stereocenters. The summed E-state index contributed by atoms with van der Waals surface area (Å²) in [6.07, 6.45) is 10.7. The number of aliphatic carboxylic acids is 1. The van der Waals surface area contributed by atoms with E-state index in [1.165, 1.54) is 32.1 Å². The number of cyclic esters (lactones) is 1. The maximum Gasteiger partial charge on any atom is 0.416 e. The van der Waals surface area contributed by atoms with Gasteiger partial charge in [-0.05, 0) is 57.6 Å². The van der Waals surface area contributed by atoms with E-state index in [4.69, 9.17) is 14.9 Å². The largest absolute Gasteiger partial charge is 0.478 e. The molecular formula is C46H82N2O14S. The van der Waals surface area contributed by atoms with Crippen LogP contribution in [0.3, 0.4) is 0 Å². The van der Waals surface area contributed by atoms with Gasteiger partial charge >= 0.3 is 12.1 Å². The third kappa shape index (κ3) is 34.4. The molecular weight excluding hydrogens is 837 g/mol. The molecule has 1 heterocycles. The fourth-order valence-electron chi connectivity index (χ4n) is 4.91. The van der Waals surface area contributed by atoms with Crippen LogP contribution in [-0.4, -0.2) is 132 Å². The first-order valence-electron chi connectivity index (χ1n) is 21.9. The first kappa shape index (κ1) is 65.9. The minimum Gasteiger partial charge on any atom is -0.478 e. The molecule has 0 aromatic rings. The molecule has 0 aliphatic carbocycles. The number of rotatable bonds is 22. The Balaban J connectivity index is -0.000000354. The van der Waals surface area contributed by atoms with Crippen molar-refractivity contribution in [3.05, 3.63) is 36.5 Å². The van der Waals surface area contributed by atoms with Crippen molar-refractivity contribution in [3.63, 3.8) is 0 Å². The first-order chi connectivity index (χ1) is 29.4. The second kappa shape index (κ2) is 39.8. The lowest BCUT2D eigenvalue weighted by molar-refractivity contribution is -0.136. The molecule has 17 heteroatoms. The number of carboxylic acids is 1. The van der Waals surface area contributed by atoms with Crippen molar-refractivity contribution in [1.82, 2.24) is 10.2 Å². The van der Waals surface area contributed by atoms with Gasteiger partial charge in [0.05, 0.1) is 42.5 Å². The van der Waals surface area contributed by atoms with E-state index in [0.717, 1.165) is 35.4 Å². The summed E-state index contributed by atoms with van der Waals surface area (Å²) in [5, 5.41) is 57.3. The number of aliphatic hydroxyl groups is 5. The highest BCUT2D eigenvalue weighted by Gasteiger charge is 2.40. The molecule has 1 aliphatic heterocycles. The number of carboxylic acid groups (broad SMARTS) is 1. The van der Waals surface area contributed by atoms with Gasteiger partial charge in [-0.1, -0.05) is 106 Å². The molecule has 7 N–H and O–H groups in total. The van der Waals surface area contributed by atoms with Crippen molar-refractivity contribution in [2.75, 3.05) is 18.9 Å². The summed E-state index contributed by atoms with van der Waals surface area (Å²) >= 11 is 1.16. The number of thioether (sulfide) groups is 1. The van der Waals surface area contributed by atoms with E-state index in [1.807, 2.05) is 48.5 Å². The molecule has 3 amide bonds. The van der Waals surface area contributed by atoms with Gasteiger partial charge in [0.25, 0.3) is 0 Å². The quantitative estimate of drug-likeness (QED) is 0.0392. The molecule has 0 radical (unpaired) electrons. The predicted molar refractivity (Wildman–Crippen MR) is 248 cm³/mol. The number of nitrogens with one attached hydrogen (secondary N) is 1. The average Bonchev–Trinajstić information content (AvgIpc) is 3.65. The molecule has 0 saturated carbocycles. The molecule has 0 unspecified atom stereocenters. The van der Waals surface area contributed by atoms with Crippen LogP contribution >= 0.6 is 11.8 Å². The number of aldehydes is 1. The number of hydrogen-bond acceptors (Lipinski definition) is 14. The summed E-state index contributed by atoms with van der Waals surface area (Å²) in [5.41, 5.74) is 0. The first-order valence-corrected chi connectivity index (χ1v) is 22.9. The number of imide groups is 1. The van der Waals surface area contributed by atoms with Gasteiger partial charge in [-0.3, -0.25) is 19.2 Å². The molecule has 16 nitrogen and oxygen atoms in total. The third-order valence-corrected chi connectivity index (χ3v) is 10.6. The number of aliphatic hydroxyl groups excluding tert-OH is 5. The van der Waals surface area contributed by atoms with Gasteiger partial charge < -0.3 is 45.5 Å². The van der Waals surface area contributed by atoms with E-state index in [0.29, 0.717) is 44.4 Å². The highest BCUT2D eigenvalue weighted by atomic mass is 32.2. The smallest absolute Gasteiger partial charge is 0.416 e. The molecule has 0 aromatic heterocycles. The Morgan fingerprint density at radius 1 is 0.698 bits per heavy atom. The summed E-state index contributed by atoms with van der Waals surface area (Å²) in [7, 11) is 0. The molecule has 1 rings (SSSR count). The zero-order chi connectivity index (χ0) is 49.8. The van der Waals surface area contributed by atoms with Gasteiger partial charge in [0.15, 0.2) is 5.78 Å². The fourth-order valence-corrected chi connectivity index (χ4v) is 5.49. The lowest BCUT2D eigenvalue weighted by atomic mass is 10.0. The summed E-state index contributed by atoms with van der Waals surface area (Å²) in [6, 6.07) is -0.188. The minimum absolute atomic E-state index is 0.0140. The molecule has 1 aliphatic rings. The Kier molecular flexibility index (Phi) is 41.6. The number of nitrogens with zero attached hydrogens (tertiary/aromatic N) is 1. The monoisotopic (exact) mass is 919 g/mol. The van der Waals surface area contributed by atoms with Gasteiger partial charge in [-0.2, -0.15) is 0 Å². The van der Waals surface area contributed by atoms with Crippen LogP contribution in [-0.2, 0) is 33.5 Å². The van der Waals surface area contributed by atoms with Crippen LogP contribution in [0, 0.1) is 29.6 Å². The highest BCUT2D eigenvalue weighted by Crippen LogP contribution is 2.20. The van der Waals surface area contributed by atoms with Crippen molar-refractivity contribution in [3.8, 4) is 0 Å². The predicted octanol–water partition coefficient (Wildman–Crippen LogP) is 5.66. The Morgan fingerprint density at radius 2 is 1.11 bits per heavy atom. The van der Waals surface area contributed by atoms with Gasteiger partial charge in [-0.15, -0.1) is 0 Å². The number of ketones is 1. The second-order valence-electron chi connectivity index (χ2n) is 15.3. The molecule has 0 aromatic carbocycles. The van der Waals surface area contributed by atoms with Crippen LogP contribution in [0.5, 0.6) is 0 Å². The standard InChI is InChI=1S/C12H21NO3S.C11H19NO4.C9H16O2.C8H14O3.C6H12O2/c1-4-11(15)9(2)5-6-12(16)17-8-7-13-10(3)14;1-4-8-6-16-11(15)12(8)10(14)7(3)9(13)5-2;1-4-9(11)7(2)5-6-8(3)10;1-3-7(9)6(2)4-5-8(10)11;1-3-6(8)5(2)4-7/h5-6,9,11,15H,4,7-8H2,1-3H3,(H,13,14);7-9,13H,4-6H2,1-3H3;5-7,9,11H,4H2,1-3H3;4-7,9H,3H2,1-2H3,(H,10,11);4-6,8H,3H2,1-2H3/b6-5+;;6-5+;5-4+;/t9-,11-;7-,8-,9+;7-,9-;6-,7-;5-,6-/m10111/s1. The average molecular weight is 919 g/mol. The number of carbonyl (C=O) groups excluding carboxylic acids is 6. The summed E-state index contributed by atoms with van der Waals surface area (Å²) < 4.78 is 4.84. The van der Waals surface area contributed by atoms with Gasteiger partial charge in [0.1, 0.15) is 12.9 Å². The molecule has 1 saturated heterocycles. The lowest BCUT2D eigenvalue weighted by Gasteiger charge is -2.24. The lowest BCUT2D eigenvalue weighted by Crippen LogP contribution is -2.44. The number of hydrogen-bond donors (Lipinski definition) is 7. The number of amides is 3. The minimum atomic E-state index is -0.972. The number of ether oxygens (including phenoxy) is 1. The Bertz CT molecular complexity index is 1350. The molecule has 0 bridgehead atoms. The Hall–Kier alpha value is -3.74. The number of carbonyl (C=O) groups is 7. The molecule has 63 heavy (non-hydrogen) atoms. The molecule has 1 fully saturated rings. The normalized spacial score (nSPS) is 18.1. The Labute approximate surface area is 381 Å². The van der Waals surface area contributed by atoms with Crippen LogP contribution in [0.4, 0.5) is 4.79 Å². The van der Waals surface area contributed by atoms with Crippen molar-refractivity contribution in [1.29, 1.82) is 0 Å². The van der Waals surface area contributed by atoms with E-state index in [2.05, 4.69) is 5.32 Å². The van der Waals surface area contributed by atoms with E-state index < -0.39 is 42.4 Å². The second-order valence-corrected chi connectivity index (χ2v) is 16.4. The zero-order valence-corrected chi connectivity index (χ0v) is 40.9. The van der Waals surface area contributed by atoms with Crippen molar-refractivity contribution >= 4 is 52.8 Å². The Morgan fingerprint density at radius 3 is 1.46 bits per heavy atom. The van der Waals surface area contributed by atoms with Crippen molar-refractivity contribution < 1.29 is 68.9 Å². The van der Waals surface area contributed by atoms with Crippen molar-refractivity contribution in [2.24, 2.45) is 29.6 Å². The highest BCUT2D eigenvalue weighted by molar-refractivity contribution is 8.14. The third-order valence-electron chi connectivity index (χ3n) is 9.80. The SMILES string of the molecule is CC[C@@H](O)[C@H](C)/C=C/C(=O)O.CC[C@@H](O)[C@H](C)/C=C/C(=O)SCCNC(C)=O.CC[C@@H](O)[C@H](C)/C=C/C(C)=O.CC[C@@H](O)[C@H](C)C=O.CC[C@H]1COC(=O)N1C(=O)[C@@H](C)[C@H](O)CC. The van der Waals surface area contributed by atoms with Crippen LogP contribution < -0.4 is 5.32 Å². The van der Waals surface area contributed by atoms with Gasteiger partial charge in [0.2, 0.25) is 16.9 Å². The van der Waals surface area contributed by atoms with E-state index >= 15 is 0 Å². The molecule has 0 spiro atoms. The van der Waals surface area contributed by atoms with Crippen molar-refractivity contribution in [2.45, 2.75) is 165 Å². The van der Waals surface area contributed by atoms with Crippen LogP contribution in [0.25, 0.3) is 0 Å². The van der Waals surface area contributed by atoms with Crippen LogP contribution in [0.2, 0.25) is 0 Å². The summed E-state index contributed by atoms with van der Waals surface area (Å²) in [4.78, 5) is 77.0. The maximum atomic E-state index is 12.0. The van der Waals surface area contributed by atoms with E-state index in [-0.39, 0.29) is 65.1 Å². The van der Waals surface area contributed by atoms with Crippen LogP contribution in [0.15, 0.2) is 36.5 Å². The molecule has 366 valence electrons. The summed E-state index contributed by atoms with van der Waals surface area (Å²) in [6.45, 7) is 23.8. The maximum absolute atomic E-state index is 12.0. The van der Waals surface area contributed by atoms with Gasteiger partial charge in [0, 0.05) is 49.0 Å². The fraction of sp³-hybridized carbons (Fsp3) is 0.717. The number of allylic oxidation sites excluding steroid dienone is 1. The van der Waals surface area contributed by atoms with E-state index in [9.17, 15) is 54.0 Å². The van der Waals surface area contributed by atoms with Crippen LogP contribution in [0.1, 0.15) is 129 Å². The van der Waals surface area contributed by atoms with E-state index in [1.54, 1.807) is 39.8 Å². The van der Waals surface area contributed by atoms with Gasteiger partial charge in [-0.25, -0.2) is 14.5 Å². The summed E-state index contributed by atoms with van der Waals surface area (Å²) in [5.74, 6) is -1.62.